The molecule has 5 aromatic rings. The number of carbonyl (C=O) groups excluding carboxylic acids is 2. The summed E-state index contributed by atoms with van der Waals surface area (Å²) in [6, 6.07) is 16.4. The Bertz CT molecular complexity index is 1790. The quantitative estimate of drug-likeness (QED) is 0.308. The molecule has 0 bridgehead atoms. The maximum atomic E-state index is 13.3. The number of hydrogen-bond donors (Lipinski definition) is 2. The predicted molar refractivity (Wildman–Crippen MR) is 137 cm³/mol. The summed E-state index contributed by atoms with van der Waals surface area (Å²) in [6.07, 6.45) is 2.80. The first-order chi connectivity index (χ1) is 17.4. The minimum absolute atomic E-state index is 0.0208. The molecule has 2 aromatic heterocycles. The molecule has 1 saturated carbocycles. The van der Waals surface area contributed by atoms with E-state index in [1.165, 1.54) is 0 Å². The third-order valence-electron chi connectivity index (χ3n) is 8.22. The minimum Gasteiger partial charge on any atom is -0.353 e. The third-order valence-corrected chi connectivity index (χ3v) is 8.22. The van der Waals surface area contributed by atoms with Crippen LogP contribution in [-0.4, -0.2) is 39.4 Å². The second-order valence-corrected chi connectivity index (χ2v) is 10.7. The molecular formula is C29H25N3O4. The van der Waals surface area contributed by atoms with Gasteiger partial charge < -0.3 is 19.0 Å². The largest absolute Gasteiger partial charge is 0.353 e. The van der Waals surface area contributed by atoms with Crippen LogP contribution in [0.2, 0.25) is 0 Å². The lowest BCUT2D eigenvalue weighted by molar-refractivity contribution is -0.145. The van der Waals surface area contributed by atoms with Crippen LogP contribution in [0.5, 0.6) is 0 Å². The molecule has 7 nitrogen and oxygen atoms in total. The van der Waals surface area contributed by atoms with Crippen molar-refractivity contribution in [1.82, 2.24) is 14.9 Å². The lowest BCUT2D eigenvalue weighted by atomic mass is 9.90. The molecule has 2 fully saturated rings. The first-order valence-electron chi connectivity index (χ1n) is 12.6. The van der Waals surface area contributed by atoms with Crippen molar-refractivity contribution in [1.29, 1.82) is 0 Å². The molecule has 3 aromatic carbocycles. The number of imide groups is 1. The summed E-state index contributed by atoms with van der Waals surface area (Å²) in [5.41, 5.74) is 4.85. The molecule has 3 atom stereocenters. The van der Waals surface area contributed by atoms with Crippen LogP contribution in [0.25, 0.3) is 43.6 Å². The van der Waals surface area contributed by atoms with Crippen LogP contribution in [0, 0.1) is 0 Å². The van der Waals surface area contributed by atoms with Gasteiger partial charge in [-0.1, -0.05) is 36.4 Å². The highest BCUT2D eigenvalue weighted by Crippen LogP contribution is 2.48. The Balaban J connectivity index is 1.50. The molecular weight excluding hydrogens is 454 g/mol. The number of H-pyrrole nitrogens is 1. The number of hydrogen-bond acceptors (Lipinski definition) is 4. The van der Waals surface area contributed by atoms with Gasteiger partial charge >= 0.3 is 0 Å². The average Bonchev–Trinajstić information content (AvgIpc) is 3.56. The van der Waals surface area contributed by atoms with E-state index < -0.39 is 5.79 Å². The normalized spacial score (nSPS) is 25.2. The zero-order valence-electron chi connectivity index (χ0n) is 20.1. The van der Waals surface area contributed by atoms with Crippen LogP contribution in [0.3, 0.4) is 0 Å². The van der Waals surface area contributed by atoms with Crippen LogP contribution >= 0.6 is 0 Å². The second-order valence-electron chi connectivity index (χ2n) is 10.7. The van der Waals surface area contributed by atoms with Crippen molar-refractivity contribution in [2.75, 3.05) is 0 Å². The monoisotopic (exact) mass is 479 g/mol. The minimum atomic E-state index is -0.575. The molecule has 1 aliphatic carbocycles. The van der Waals surface area contributed by atoms with Crippen LogP contribution in [0.4, 0.5) is 0 Å². The summed E-state index contributed by atoms with van der Waals surface area (Å²) < 4.78 is 14.8. The molecule has 3 unspecified atom stereocenters. The predicted octanol–water partition coefficient (Wildman–Crippen LogP) is 5.56. The van der Waals surface area contributed by atoms with Gasteiger partial charge in [0.2, 0.25) is 0 Å². The number of carbonyl (C=O) groups is 2. The van der Waals surface area contributed by atoms with Crippen molar-refractivity contribution in [2.45, 2.75) is 57.1 Å². The van der Waals surface area contributed by atoms with E-state index in [-0.39, 0.29) is 30.1 Å². The van der Waals surface area contributed by atoms with Gasteiger partial charge in [-0.15, -0.1) is 0 Å². The number of ether oxygens (including phenoxy) is 2. The van der Waals surface area contributed by atoms with Gasteiger partial charge in [0.15, 0.2) is 5.79 Å². The Morgan fingerprint density at radius 3 is 2.39 bits per heavy atom. The molecule has 36 heavy (non-hydrogen) atoms. The Labute approximate surface area is 206 Å². The Kier molecular flexibility index (Phi) is 3.84. The topological polar surface area (TPSA) is 85.4 Å². The molecule has 0 radical (unpaired) electrons. The number of benzene rings is 3. The first-order valence-corrected chi connectivity index (χ1v) is 12.6. The van der Waals surface area contributed by atoms with Crippen molar-refractivity contribution < 1.29 is 19.1 Å². The molecule has 1 saturated heterocycles. The fourth-order valence-electron chi connectivity index (χ4n) is 6.98. The highest BCUT2D eigenvalue weighted by molar-refractivity contribution is 6.39. The molecule has 7 heteroatoms. The Morgan fingerprint density at radius 1 is 0.861 bits per heavy atom. The molecule has 2 N–H and O–H groups in total. The van der Waals surface area contributed by atoms with E-state index >= 15 is 0 Å². The number of para-hydroxylation sites is 2. The van der Waals surface area contributed by atoms with E-state index in [0.717, 1.165) is 62.9 Å². The van der Waals surface area contributed by atoms with Crippen molar-refractivity contribution in [3.8, 4) is 0 Å². The van der Waals surface area contributed by atoms with Gasteiger partial charge in [-0.3, -0.25) is 14.9 Å². The summed E-state index contributed by atoms with van der Waals surface area (Å²) in [6.45, 7) is 3.96. The Morgan fingerprint density at radius 2 is 1.56 bits per heavy atom. The van der Waals surface area contributed by atoms with E-state index in [9.17, 15) is 9.59 Å². The molecule has 0 spiro atoms. The van der Waals surface area contributed by atoms with Gasteiger partial charge in [0.05, 0.1) is 34.4 Å². The molecule has 180 valence electrons. The van der Waals surface area contributed by atoms with Gasteiger partial charge in [0, 0.05) is 38.6 Å². The van der Waals surface area contributed by atoms with Crippen molar-refractivity contribution in [3.63, 3.8) is 0 Å². The van der Waals surface area contributed by atoms with E-state index in [1.807, 2.05) is 50.2 Å². The molecule has 3 aliphatic rings. The van der Waals surface area contributed by atoms with Crippen LogP contribution in [-0.2, 0) is 9.47 Å². The zero-order chi connectivity index (χ0) is 24.3. The summed E-state index contributed by atoms with van der Waals surface area (Å²) in [4.78, 5) is 30.0. The summed E-state index contributed by atoms with van der Waals surface area (Å²) >= 11 is 0. The van der Waals surface area contributed by atoms with E-state index in [2.05, 4.69) is 27.0 Å². The van der Waals surface area contributed by atoms with Gasteiger partial charge in [-0.05, 0) is 45.2 Å². The fourth-order valence-corrected chi connectivity index (χ4v) is 6.98. The number of aromatic amines is 1. The number of nitrogens with zero attached hydrogens (tertiary/aromatic N) is 1. The second kappa shape index (κ2) is 6.75. The zero-order valence-corrected chi connectivity index (χ0v) is 20.1. The lowest BCUT2D eigenvalue weighted by Gasteiger charge is -2.31. The highest BCUT2D eigenvalue weighted by atomic mass is 16.7. The average molecular weight is 480 g/mol. The standard InChI is InChI=1S/C29H25N3O4/c1-29(2)35-19-12-11-14(13-20(19)36-29)32-18-10-6-4-8-16(18)22-24-23(27(33)31-28(24)34)21-15-7-3-5-9-17(15)30-25(21)26(22)32/h3-10,14,19-20,30H,11-13H2,1-2H3,(H,31,33,34). The van der Waals surface area contributed by atoms with E-state index in [0.29, 0.717) is 11.1 Å². The van der Waals surface area contributed by atoms with Crippen LogP contribution < -0.4 is 5.32 Å². The third kappa shape index (κ3) is 2.54. The number of rotatable bonds is 1. The van der Waals surface area contributed by atoms with E-state index in [1.54, 1.807) is 0 Å². The molecule has 4 heterocycles. The van der Waals surface area contributed by atoms with Gasteiger partial charge in [0.25, 0.3) is 11.8 Å². The maximum absolute atomic E-state index is 13.3. The summed E-state index contributed by atoms with van der Waals surface area (Å²) in [5.74, 6) is -1.23. The maximum Gasteiger partial charge on any atom is 0.259 e. The number of fused-ring (bicyclic) bond motifs is 11. The number of nitrogens with one attached hydrogen (secondary N) is 2. The lowest BCUT2D eigenvalue weighted by Crippen LogP contribution is -2.32. The van der Waals surface area contributed by atoms with Crippen molar-refractivity contribution in [2.24, 2.45) is 0 Å². The summed E-state index contributed by atoms with van der Waals surface area (Å²) in [7, 11) is 0. The van der Waals surface area contributed by atoms with Gasteiger partial charge in [-0.2, -0.15) is 0 Å². The Hall–Kier alpha value is -3.68. The van der Waals surface area contributed by atoms with Crippen molar-refractivity contribution in [3.05, 3.63) is 59.7 Å². The van der Waals surface area contributed by atoms with Gasteiger partial charge in [0.1, 0.15) is 0 Å². The van der Waals surface area contributed by atoms with Crippen LogP contribution in [0.15, 0.2) is 48.5 Å². The summed E-state index contributed by atoms with van der Waals surface area (Å²) in [5, 5.41) is 6.17. The first kappa shape index (κ1) is 20.5. The van der Waals surface area contributed by atoms with Crippen LogP contribution in [0.1, 0.15) is 59.9 Å². The van der Waals surface area contributed by atoms with Gasteiger partial charge in [-0.25, -0.2) is 0 Å². The molecule has 2 amide bonds. The molecule has 2 aliphatic heterocycles. The molecule has 8 rings (SSSR count). The van der Waals surface area contributed by atoms with E-state index in [4.69, 9.17) is 9.47 Å². The number of amides is 2. The number of aromatic nitrogens is 2. The highest BCUT2D eigenvalue weighted by Gasteiger charge is 2.45. The van der Waals surface area contributed by atoms with Crippen molar-refractivity contribution >= 4 is 55.4 Å². The fraction of sp³-hybridized carbons (Fsp3) is 0.310. The SMILES string of the molecule is CC1(C)OC2CCC(n3c4ccccc4c4c5c(c6c7ccccc7[nH]c6c43)C(=O)NC5=O)CC2O1. The smallest absolute Gasteiger partial charge is 0.259 e.